The standard InChI is InChI=1S/C23H20Cl3N5OS/c1-13-11-14(2)31(28-13)23-27-20-19(33-23)6-5-17(25)21(20)29-7-9-30(10-8-29)22(32)15-3-4-16(24)18(26)12-15/h3-6,11-12H,7-10H2,1-2H3. The van der Waals surface area contributed by atoms with Crippen LogP contribution in [0, 0.1) is 13.8 Å². The van der Waals surface area contributed by atoms with E-state index in [2.05, 4.69) is 10.00 Å². The van der Waals surface area contributed by atoms with E-state index in [1.54, 1.807) is 29.5 Å². The van der Waals surface area contributed by atoms with Crippen LogP contribution in [0.2, 0.25) is 15.1 Å². The number of carbonyl (C=O) groups excluding carboxylic acids is 1. The van der Waals surface area contributed by atoms with Gasteiger partial charge >= 0.3 is 0 Å². The number of aryl methyl sites for hydroxylation is 2. The molecule has 3 heterocycles. The zero-order valence-corrected chi connectivity index (χ0v) is 21.1. The smallest absolute Gasteiger partial charge is 0.254 e. The van der Waals surface area contributed by atoms with Crippen LogP contribution in [0.5, 0.6) is 0 Å². The van der Waals surface area contributed by atoms with Gasteiger partial charge in [0.15, 0.2) is 0 Å². The van der Waals surface area contributed by atoms with Crippen LogP contribution in [0.25, 0.3) is 15.3 Å². The molecule has 10 heteroatoms. The topological polar surface area (TPSA) is 54.3 Å². The van der Waals surface area contributed by atoms with Gasteiger partial charge in [-0.2, -0.15) is 5.10 Å². The zero-order valence-electron chi connectivity index (χ0n) is 18.0. The molecule has 1 aliphatic rings. The normalized spacial score (nSPS) is 14.3. The summed E-state index contributed by atoms with van der Waals surface area (Å²) in [5.41, 5.74) is 4.28. The van der Waals surface area contributed by atoms with Gasteiger partial charge in [0.1, 0.15) is 5.52 Å². The third-order valence-corrected chi connectivity index (χ3v) is 7.75. The monoisotopic (exact) mass is 519 g/mol. The number of hydrogen-bond donors (Lipinski definition) is 0. The molecule has 33 heavy (non-hydrogen) atoms. The number of thiazole rings is 1. The highest BCUT2D eigenvalue weighted by Crippen LogP contribution is 2.38. The minimum atomic E-state index is -0.0574. The number of fused-ring (bicyclic) bond motifs is 1. The Bertz CT molecular complexity index is 1370. The van der Waals surface area contributed by atoms with Crippen molar-refractivity contribution < 1.29 is 4.79 Å². The molecule has 0 N–H and O–H groups in total. The first-order valence-electron chi connectivity index (χ1n) is 10.4. The minimum absolute atomic E-state index is 0.0574. The van der Waals surface area contributed by atoms with Crippen LogP contribution in [-0.4, -0.2) is 51.8 Å². The van der Waals surface area contributed by atoms with Crippen molar-refractivity contribution in [1.82, 2.24) is 19.7 Å². The lowest BCUT2D eigenvalue weighted by Crippen LogP contribution is -2.49. The summed E-state index contributed by atoms with van der Waals surface area (Å²) in [6, 6.07) is 10.9. The molecular weight excluding hydrogens is 501 g/mol. The maximum absolute atomic E-state index is 12.9. The molecular formula is C23H20Cl3N5OS. The largest absolute Gasteiger partial charge is 0.365 e. The highest BCUT2D eigenvalue weighted by Gasteiger charge is 2.26. The quantitative estimate of drug-likeness (QED) is 0.331. The van der Waals surface area contributed by atoms with Crippen LogP contribution in [0.15, 0.2) is 36.4 Å². The van der Waals surface area contributed by atoms with Crippen molar-refractivity contribution >= 4 is 68.0 Å². The van der Waals surface area contributed by atoms with E-state index in [4.69, 9.17) is 39.8 Å². The van der Waals surface area contributed by atoms with E-state index in [1.165, 1.54) is 0 Å². The van der Waals surface area contributed by atoms with Crippen molar-refractivity contribution in [3.05, 3.63) is 68.4 Å². The lowest BCUT2D eigenvalue weighted by Gasteiger charge is -2.36. The molecule has 1 aliphatic heterocycles. The van der Waals surface area contributed by atoms with Crippen LogP contribution in [-0.2, 0) is 0 Å². The summed E-state index contributed by atoms with van der Waals surface area (Å²) >= 11 is 20.3. The van der Waals surface area contributed by atoms with Crippen LogP contribution in [0.4, 0.5) is 5.69 Å². The number of aromatic nitrogens is 3. The molecule has 0 aliphatic carbocycles. The average molecular weight is 521 g/mol. The highest BCUT2D eigenvalue weighted by molar-refractivity contribution is 7.20. The highest BCUT2D eigenvalue weighted by atomic mass is 35.5. The van der Waals surface area contributed by atoms with Crippen LogP contribution >= 0.6 is 46.1 Å². The van der Waals surface area contributed by atoms with Gasteiger partial charge in [0.05, 0.1) is 31.1 Å². The Morgan fingerprint density at radius 2 is 1.67 bits per heavy atom. The van der Waals surface area contributed by atoms with Crippen molar-refractivity contribution in [2.75, 3.05) is 31.1 Å². The molecule has 0 atom stereocenters. The molecule has 0 radical (unpaired) electrons. The Hall–Kier alpha value is -2.32. The molecule has 6 nitrogen and oxygen atoms in total. The van der Waals surface area contributed by atoms with Crippen molar-refractivity contribution in [3.63, 3.8) is 0 Å². The Labute approximate surface area is 210 Å². The first-order valence-corrected chi connectivity index (χ1v) is 12.4. The lowest BCUT2D eigenvalue weighted by molar-refractivity contribution is 0.0747. The van der Waals surface area contributed by atoms with Crippen molar-refractivity contribution in [2.24, 2.45) is 0 Å². The van der Waals surface area contributed by atoms with Crippen LogP contribution in [0.1, 0.15) is 21.7 Å². The van der Waals surface area contributed by atoms with Gasteiger partial charge in [0.25, 0.3) is 5.91 Å². The molecule has 1 amide bonds. The Morgan fingerprint density at radius 1 is 0.939 bits per heavy atom. The average Bonchev–Trinajstić information content (AvgIpc) is 3.37. The fraction of sp³-hybridized carbons (Fsp3) is 0.261. The Kier molecular flexibility index (Phi) is 5.99. The number of nitrogens with zero attached hydrogens (tertiary/aromatic N) is 5. The predicted molar refractivity (Wildman–Crippen MR) is 136 cm³/mol. The molecule has 0 spiro atoms. The molecule has 0 unspecified atom stereocenters. The van der Waals surface area contributed by atoms with Gasteiger partial charge in [-0.15, -0.1) is 0 Å². The van der Waals surface area contributed by atoms with Crippen LogP contribution in [0.3, 0.4) is 0 Å². The molecule has 2 aromatic carbocycles. The van der Waals surface area contributed by atoms with Gasteiger partial charge in [-0.1, -0.05) is 46.1 Å². The predicted octanol–water partition coefficient (Wildman–Crippen LogP) is 6.02. The maximum atomic E-state index is 12.9. The first-order chi connectivity index (χ1) is 15.8. The van der Waals surface area contributed by atoms with E-state index in [0.29, 0.717) is 46.8 Å². The van der Waals surface area contributed by atoms with Gasteiger partial charge in [-0.25, -0.2) is 9.67 Å². The summed E-state index contributed by atoms with van der Waals surface area (Å²) in [5.74, 6) is -0.0574. The number of carbonyl (C=O) groups is 1. The van der Waals surface area contributed by atoms with E-state index in [0.717, 1.165) is 32.4 Å². The fourth-order valence-corrected chi connectivity index (χ4v) is 5.65. The fourth-order valence-electron chi connectivity index (χ4n) is 4.10. The van der Waals surface area contributed by atoms with E-state index < -0.39 is 0 Å². The number of benzene rings is 2. The molecule has 1 saturated heterocycles. The number of piperazine rings is 1. The summed E-state index contributed by atoms with van der Waals surface area (Å²) in [5, 5.41) is 6.84. The van der Waals surface area contributed by atoms with Gasteiger partial charge < -0.3 is 9.80 Å². The number of anilines is 1. The van der Waals surface area contributed by atoms with E-state index in [-0.39, 0.29) is 5.91 Å². The molecule has 1 fully saturated rings. The maximum Gasteiger partial charge on any atom is 0.254 e. The van der Waals surface area contributed by atoms with Gasteiger partial charge in [-0.3, -0.25) is 4.79 Å². The summed E-state index contributed by atoms with van der Waals surface area (Å²) in [6.45, 7) is 6.43. The molecule has 4 aromatic rings. The van der Waals surface area contributed by atoms with Gasteiger partial charge in [0.2, 0.25) is 5.13 Å². The first kappa shape index (κ1) is 22.5. The lowest BCUT2D eigenvalue weighted by atomic mass is 10.1. The number of halogens is 3. The molecule has 0 saturated carbocycles. The van der Waals surface area contributed by atoms with E-state index in [9.17, 15) is 4.79 Å². The Morgan fingerprint density at radius 3 is 2.33 bits per heavy atom. The second-order valence-corrected chi connectivity index (χ2v) is 10.2. The van der Waals surface area contributed by atoms with Crippen molar-refractivity contribution in [1.29, 1.82) is 0 Å². The molecule has 0 bridgehead atoms. The SMILES string of the molecule is Cc1cc(C)n(-c2nc3c(N4CCN(C(=O)c5ccc(Cl)c(Cl)c5)CC4)c(Cl)ccc3s2)n1. The van der Waals surface area contributed by atoms with E-state index >= 15 is 0 Å². The third kappa shape index (κ3) is 4.19. The second kappa shape index (κ2) is 8.80. The second-order valence-electron chi connectivity index (χ2n) is 7.99. The van der Waals surface area contributed by atoms with Crippen molar-refractivity contribution in [3.8, 4) is 5.13 Å². The molecule has 5 rings (SSSR count). The molecule has 2 aromatic heterocycles. The number of rotatable bonds is 3. The third-order valence-electron chi connectivity index (χ3n) is 5.71. The number of hydrogen-bond acceptors (Lipinski definition) is 5. The van der Waals surface area contributed by atoms with Gasteiger partial charge in [0, 0.05) is 37.4 Å². The summed E-state index contributed by atoms with van der Waals surface area (Å²) < 4.78 is 2.91. The Balaban J connectivity index is 1.40. The van der Waals surface area contributed by atoms with E-state index in [1.807, 2.05) is 41.6 Å². The summed E-state index contributed by atoms with van der Waals surface area (Å²) in [6.07, 6.45) is 0. The zero-order chi connectivity index (χ0) is 23.3. The summed E-state index contributed by atoms with van der Waals surface area (Å²) in [4.78, 5) is 21.9. The molecule has 170 valence electrons. The van der Waals surface area contributed by atoms with Crippen LogP contribution < -0.4 is 4.90 Å². The number of amides is 1. The summed E-state index contributed by atoms with van der Waals surface area (Å²) in [7, 11) is 0. The van der Waals surface area contributed by atoms with Crippen molar-refractivity contribution in [2.45, 2.75) is 13.8 Å². The minimum Gasteiger partial charge on any atom is -0.365 e. The van der Waals surface area contributed by atoms with Gasteiger partial charge in [-0.05, 0) is 50.2 Å².